The Kier molecular flexibility index (Phi) is 5.37. The Morgan fingerprint density at radius 2 is 2.25 bits per heavy atom. The fraction of sp³-hybridized carbons (Fsp3) is 0.538. The molecule has 4 nitrogen and oxygen atoms in total. The molecule has 7 heteroatoms. The maximum atomic E-state index is 13.6. The lowest BCUT2D eigenvalue weighted by Crippen LogP contribution is -2.33. The van der Waals surface area contributed by atoms with Crippen molar-refractivity contribution < 1.29 is 12.8 Å². The van der Waals surface area contributed by atoms with Gasteiger partial charge < -0.3 is 5.32 Å². The summed E-state index contributed by atoms with van der Waals surface area (Å²) in [6.45, 7) is 2.22. The molecule has 0 bridgehead atoms. The second kappa shape index (κ2) is 6.85. The number of piperidine rings is 1. The van der Waals surface area contributed by atoms with Crippen molar-refractivity contribution in [2.24, 2.45) is 5.92 Å². The van der Waals surface area contributed by atoms with Crippen LogP contribution in [0.4, 0.5) is 4.39 Å². The molecule has 1 heterocycles. The van der Waals surface area contributed by atoms with Gasteiger partial charge in [-0.25, -0.2) is 17.5 Å². The number of halogens is 2. The van der Waals surface area contributed by atoms with Crippen molar-refractivity contribution in [2.75, 3.05) is 19.6 Å². The Labute approximate surface area is 123 Å². The van der Waals surface area contributed by atoms with Gasteiger partial charge in [0.25, 0.3) is 0 Å². The first-order chi connectivity index (χ1) is 9.50. The van der Waals surface area contributed by atoms with E-state index in [-0.39, 0.29) is 5.02 Å². The minimum Gasteiger partial charge on any atom is -0.316 e. The SMILES string of the molecule is O=S(=O)(NCCC1CCCNC1)c1c(F)cccc1Cl. The Hall–Kier alpha value is -0.690. The first-order valence-corrected chi connectivity index (χ1v) is 8.51. The summed E-state index contributed by atoms with van der Waals surface area (Å²) < 4.78 is 40.2. The number of hydrogen-bond donors (Lipinski definition) is 2. The van der Waals surface area contributed by atoms with Crippen molar-refractivity contribution in [3.63, 3.8) is 0 Å². The Morgan fingerprint density at radius 3 is 2.90 bits per heavy atom. The van der Waals surface area contributed by atoms with E-state index in [1.807, 2.05) is 0 Å². The Morgan fingerprint density at radius 1 is 1.45 bits per heavy atom. The molecule has 112 valence electrons. The smallest absolute Gasteiger partial charge is 0.244 e. The lowest BCUT2D eigenvalue weighted by molar-refractivity contribution is 0.358. The third-order valence-corrected chi connectivity index (χ3v) is 5.39. The van der Waals surface area contributed by atoms with E-state index in [1.54, 1.807) is 0 Å². The van der Waals surface area contributed by atoms with E-state index in [0.717, 1.165) is 38.4 Å². The summed E-state index contributed by atoms with van der Waals surface area (Å²) in [5.74, 6) is -0.369. The van der Waals surface area contributed by atoms with Crippen LogP contribution in [0.3, 0.4) is 0 Å². The van der Waals surface area contributed by atoms with Crippen LogP contribution in [0.1, 0.15) is 19.3 Å². The molecule has 1 atom stereocenters. The maximum Gasteiger partial charge on any atom is 0.244 e. The molecule has 1 aromatic carbocycles. The summed E-state index contributed by atoms with van der Waals surface area (Å²) in [6, 6.07) is 3.83. The zero-order chi connectivity index (χ0) is 14.6. The predicted molar refractivity (Wildman–Crippen MR) is 76.8 cm³/mol. The molecule has 2 N–H and O–H groups in total. The van der Waals surface area contributed by atoms with Crippen LogP contribution in [0.2, 0.25) is 5.02 Å². The highest BCUT2D eigenvalue weighted by atomic mass is 35.5. The van der Waals surface area contributed by atoms with Crippen LogP contribution in [0, 0.1) is 11.7 Å². The molecule has 1 aliphatic heterocycles. The zero-order valence-electron chi connectivity index (χ0n) is 11.0. The third kappa shape index (κ3) is 3.91. The van der Waals surface area contributed by atoms with Crippen molar-refractivity contribution >= 4 is 21.6 Å². The molecule has 20 heavy (non-hydrogen) atoms. The number of sulfonamides is 1. The van der Waals surface area contributed by atoms with Gasteiger partial charge in [-0.1, -0.05) is 17.7 Å². The van der Waals surface area contributed by atoms with E-state index in [9.17, 15) is 12.8 Å². The van der Waals surface area contributed by atoms with Crippen LogP contribution >= 0.6 is 11.6 Å². The average molecular weight is 321 g/mol. The largest absolute Gasteiger partial charge is 0.316 e. The number of hydrogen-bond acceptors (Lipinski definition) is 3. The third-order valence-electron chi connectivity index (χ3n) is 3.43. The number of nitrogens with one attached hydrogen (secondary N) is 2. The highest BCUT2D eigenvalue weighted by Gasteiger charge is 2.22. The molecule has 1 fully saturated rings. The molecule has 0 aromatic heterocycles. The van der Waals surface area contributed by atoms with Crippen LogP contribution < -0.4 is 10.0 Å². The summed E-state index contributed by atoms with van der Waals surface area (Å²) in [6.07, 6.45) is 2.93. The molecule has 1 unspecified atom stereocenters. The van der Waals surface area contributed by atoms with Gasteiger partial charge in [-0.05, 0) is 50.4 Å². The van der Waals surface area contributed by atoms with Crippen molar-refractivity contribution in [1.82, 2.24) is 10.0 Å². The molecule has 0 spiro atoms. The highest BCUT2D eigenvalue weighted by molar-refractivity contribution is 7.89. The van der Waals surface area contributed by atoms with Crippen LogP contribution in [-0.2, 0) is 10.0 Å². The Bertz CT molecular complexity index is 539. The van der Waals surface area contributed by atoms with Gasteiger partial charge in [-0.2, -0.15) is 0 Å². The maximum absolute atomic E-state index is 13.6. The quantitative estimate of drug-likeness (QED) is 0.874. The lowest BCUT2D eigenvalue weighted by Gasteiger charge is -2.22. The summed E-state index contributed by atoms with van der Waals surface area (Å²) >= 11 is 5.77. The van der Waals surface area contributed by atoms with E-state index in [2.05, 4.69) is 10.0 Å². The van der Waals surface area contributed by atoms with Gasteiger partial charge >= 0.3 is 0 Å². The molecular formula is C13H18ClFN2O2S. The summed E-state index contributed by atoms with van der Waals surface area (Å²) in [5.41, 5.74) is 0. The van der Waals surface area contributed by atoms with Crippen LogP contribution in [0.25, 0.3) is 0 Å². The minimum atomic E-state index is -3.90. The molecule has 1 saturated heterocycles. The Balaban J connectivity index is 1.97. The number of rotatable bonds is 5. The van der Waals surface area contributed by atoms with Gasteiger partial charge in [0.2, 0.25) is 10.0 Å². The summed E-state index contributed by atoms with van der Waals surface area (Å²) in [4.78, 5) is -0.469. The topological polar surface area (TPSA) is 58.2 Å². The standard InChI is InChI=1S/C13H18ClFN2O2S/c14-11-4-1-5-12(15)13(11)20(18,19)17-8-6-10-3-2-7-16-9-10/h1,4-5,10,16-17H,2-3,6-9H2. The van der Waals surface area contributed by atoms with Crippen LogP contribution in [-0.4, -0.2) is 28.1 Å². The first kappa shape index (κ1) is 15.7. The molecule has 0 saturated carbocycles. The first-order valence-electron chi connectivity index (χ1n) is 6.65. The van der Waals surface area contributed by atoms with Crippen molar-refractivity contribution in [3.05, 3.63) is 29.0 Å². The van der Waals surface area contributed by atoms with E-state index in [0.29, 0.717) is 12.5 Å². The van der Waals surface area contributed by atoms with E-state index < -0.39 is 20.7 Å². The average Bonchev–Trinajstić information content (AvgIpc) is 2.39. The van der Waals surface area contributed by atoms with Gasteiger partial charge in [-0.15, -0.1) is 0 Å². The second-order valence-corrected chi connectivity index (χ2v) is 7.06. The molecule has 0 radical (unpaired) electrons. The van der Waals surface area contributed by atoms with E-state index >= 15 is 0 Å². The fourth-order valence-electron chi connectivity index (χ4n) is 2.38. The van der Waals surface area contributed by atoms with Gasteiger partial charge in [0, 0.05) is 6.54 Å². The predicted octanol–water partition coefficient (Wildman–Crippen LogP) is 2.15. The summed E-state index contributed by atoms with van der Waals surface area (Å²) in [5, 5.41) is 3.17. The van der Waals surface area contributed by atoms with E-state index in [4.69, 9.17) is 11.6 Å². The molecule has 1 aromatic rings. The minimum absolute atomic E-state index is 0.100. The van der Waals surface area contributed by atoms with Gasteiger partial charge in [0.15, 0.2) is 0 Å². The monoisotopic (exact) mass is 320 g/mol. The highest BCUT2D eigenvalue weighted by Crippen LogP contribution is 2.24. The van der Waals surface area contributed by atoms with Gasteiger partial charge in [0.05, 0.1) is 5.02 Å². The van der Waals surface area contributed by atoms with Crippen molar-refractivity contribution in [1.29, 1.82) is 0 Å². The normalized spacial score (nSPS) is 20.0. The molecule has 0 aliphatic carbocycles. The summed E-state index contributed by atoms with van der Waals surface area (Å²) in [7, 11) is -3.90. The molecule has 0 amide bonds. The molecular weight excluding hydrogens is 303 g/mol. The van der Waals surface area contributed by atoms with Gasteiger partial charge in [-0.3, -0.25) is 0 Å². The molecule has 2 rings (SSSR count). The zero-order valence-corrected chi connectivity index (χ0v) is 12.6. The van der Waals surface area contributed by atoms with Crippen molar-refractivity contribution in [2.45, 2.75) is 24.2 Å². The fourth-order valence-corrected chi connectivity index (χ4v) is 4.03. The van der Waals surface area contributed by atoms with Gasteiger partial charge in [0.1, 0.15) is 10.7 Å². The lowest BCUT2D eigenvalue weighted by atomic mass is 9.96. The second-order valence-electron chi connectivity index (χ2n) is 4.95. The van der Waals surface area contributed by atoms with Crippen LogP contribution in [0.5, 0.6) is 0 Å². The number of benzene rings is 1. The van der Waals surface area contributed by atoms with Crippen LogP contribution in [0.15, 0.2) is 23.1 Å². The van der Waals surface area contributed by atoms with Crippen molar-refractivity contribution in [3.8, 4) is 0 Å². The molecule has 1 aliphatic rings. The van der Waals surface area contributed by atoms with E-state index in [1.165, 1.54) is 12.1 Å².